The summed E-state index contributed by atoms with van der Waals surface area (Å²) in [4.78, 5) is 13.3. The van der Waals surface area contributed by atoms with Crippen molar-refractivity contribution in [3.8, 4) is 11.8 Å². The van der Waals surface area contributed by atoms with Gasteiger partial charge >= 0.3 is 0 Å². The lowest BCUT2D eigenvalue weighted by Gasteiger charge is -2.13. The van der Waals surface area contributed by atoms with Gasteiger partial charge in [0.25, 0.3) is 5.91 Å². The molecule has 1 atom stereocenters. The van der Waals surface area contributed by atoms with Crippen LogP contribution in [0, 0.1) is 11.3 Å². The Morgan fingerprint density at radius 2 is 1.76 bits per heavy atom. The molecule has 2 N–H and O–H groups in total. The number of hydrogen-bond donors (Lipinski definition) is 2. The Kier molecular flexibility index (Phi) is 6.85. The molecule has 1 unspecified atom stereocenters. The number of hydrogen-bond acceptors (Lipinski definition) is 4. The van der Waals surface area contributed by atoms with E-state index in [2.05, 4.69) is 11.4 Å². The molecule has 29 heavy (non-hydrogen) atoms. The van der Waals surface area contributed by atoms with E-state index in [1.807, 2.05) is 0 Å². The molecule has 0 aliphatic heterocycles. The van der Waals surface area contributed by atoms with E-state index in [1.165, 1.54) is 23.5 Å². The second-order valence-corrected chi connectivity index (χ2v) is 9.09. The molecular weight excluding hydrogens is 498 g/mol. The van der Waals surface area contributed by atoms with E-state index in [0.29, 0.717) is 15.6 Å². The summed E-state index contributed by atoms with van der Waals surface area (Å²) >= 11 is 31.3. The Morgan fingerprint density at radius 1 is 1.03 bits per heavy atom. The van der Waals surface area contributed by atoms with Crippen LogP contribution in [-0.2, 0) is 0 Å². The lowest BCUT2D eigenvalue weighted by atomic mass is 9.98. The third-order valence-corrected chi connectivity index (χ3v) is 6.83. The highest BCUT2D eigenvalue weighted by Crippen LogP contribution is 2.40. The number of phenolic OH excluding ortho intramolecular Hbond substituents is 1. The van der Waals surface area contributed by atoms with Crippen LogP contribution in [0.3, 0.4) is 0 Å². The zero-order valence-corrected chi connectivity index (χ0v) is 18.7. The molecule has 1 heterocycles. The first-order valence-electron chi connectivity index (χ1n) is 7.85. The van der Waals surface area contributed by atoms with Crippen LogP contribution >= 0.6 is 69.3 Å². The zero-order valence-electron chi connectivity index (χ0n) is 14.1. The summed E-state index contributed by atoms with van der Waals surface area (Å²) in [5, 5.41) is 22.3. The van der Waals surface area contributed by atoms with Crippen LogP contribution in [-0.4, -0.2) is 11.0 Å². The summed E-state index contributed by atoms with van der Waals surface area (Å²) in [7, 11) is 0. The van der Waals surface area contributed by atoms with Gasteiger partial charge in [0, 0.05) is 15.6 Å². The molecule has 1 aromatic heterocycles. The third kappa shape index (κ3) is 4.59. The molecule has 2 aromatic carbocycles. The molecular formula is C19H9Cl5N2O2S. The van der Waals surface area contributed by atoms with Crippen LogP contribution in [0.2, 0.25) is 24.4 Å². The van der Waals surface area contributed by atoms with Crippen molar-refractivity contribution in [3.05, 3.63) is 76.8 Å². The van der Waals surface area contributed by atoms with Crippen LogP contribution in [0.1, 0.15) is 26.7 Å². The Bertz CT molecular complexity index is 1160. The van der Waals surface area contributed by atoms with Crippen LogP contribution < -0.4 is 5.32 Å². The quantitative estimate of drug-likeness (QED) is 0.357. The number of rotatable bonds is 4. The van der Waals surface area contributed by atoms with Crippen LogP contribution in [0.25, 0.3) is 0 Å². The standard InChI is InChI=1S/C19H9Cl5N2O2S/c20-12-5-8(1-2-9(12)11(7-25)14-3-4-15(22)29-14)26-19(28)10-6-13(21)16(23)17(24)18(10)27/h1-6,11,27H,(H,26,28). The fourth-order valence-corrected chi connectivity index (χ4v) is 4.58. The Balaban J connectivity index is 1.88. The Labute approximate surface area is 195 Å². The van der Waals surface area contributed by atoms with E-state index < -0.39 is 17.6 Å². The average molecular weight is 507 g/mol. The topological polar surface area (TPSA) is 73.1 Å². The van der Waals surface area contributed by atoms with E-state index in [0.717, 1.165) is 4.88 Å². The molecule has 0 aliphatic carbocycles. The molecule has 10 heteroatoms. The van der Waals surface area contributed by atoms with Gasteiger partial charge in [-0.1, -0.05) is 64.1 Å². The Hall–Kier alpha value is -1.65. The summed E-state index contributed by atoms with van der Waals surface area (Å²) < 4.78 is 0.570. The number of halogens is 5. The molecule has 0 saturated carbocycles. The molecule has 0 aliphatic rings. The number of amides is 1. The number of nitriles is 1. The first-order valence-corrected chi connectivity index (χ1v) is 10.6. The highest BCUT2D eigenvalue weighted by Gasteiger charge is 2.21. The summed E-state index contributed by atoms with van der Waals surface area (Å²) in [6.45, 7) is 0. The van der Waals surface area contributed by atoms with E-state index in [9.17, 15) is 15.2 Å². The number of nitrogens with zero attached hydrogens (tertiary/aromatic N) is 1. The minimum Gasteiger partial charge on any atom is -0.505 e. The predicted octanol–water partition coefficient (Wildman–Crippen LogP) is 7.63. The minimum absolute atomic E-state index is 0.0273. The van der Waals surface area contributed by atoms with E-state index in [1.54, 1.807) is 24.3 Å². The van der Waals surface area contributed by atoms with Crippen molar-refractivity contribution in [2.24, 2.45) is 0 Å². The fourth-order valence-electron chi connectivity index (χ4n) is 2.57. The molecule has 0 spiro atoms. The molecule has 3 rings (SSSR count). The number of carbonyl (C=O) groups is 1. The average Bonchev–Trinajstić information content (AvgIpc) is 3.11. The first-order chi connectivity index (χ1) is 13.7. The number of nitrogens with one attached hydrogen (secondary N) is 1. The normalized spacial score (nSPS) is 11.7. The summed E-state index contributed by atoms with van der Waals surface area (Å²) in [5.74, 6) is -1.74. The van der Waals surface area contributed by atoms with Crippen LogP contribution in [0.15, 0.2) is 36.4 Å². The highest BCUT2D eigenvalue weighted by atomic mass is 35.5. The summed E-state index contributed by atoms with van der Waals surface area (Å²) in [6, 6.07) is 11.6. The summed E-state index contributed by atoms with van der Waals surface area (Å²) in [5.41, 5.74) is 0.782. The van der Waals surface area contributed by atoms with Gasteiger partial charge in [-0.15, -0.1) is 11.3 Å². The number of carbonyl (C=O) groups excluding carboxylic acids is 1. The number of thiophene rings is 1. The molecule has 0 radical (unpaired) electrons. The van der Waals surface area contributed by atoms with Gasteiger partial charge in [-0.25, -0.2) is 0 Å². The van der Waals surface area contributed by atoms with Gasteiger partial charge in [-0.2, -0.15) is 5.26 Å². The second kappa shape index (κ2) is 9.01. The largest absolute Gasteiger partial charge is 0.505 e. The van der Waals surface area contributed by atoms with E-state index >= 15 is 0 Å². The highest BCUT2D eigenvalue weighted by molar-refractivity contribution is 7.16. The maximum atomic E-state index is 12.5. The Morgan fingerprint density at radius 3 is 2.34 bits per heavy atom. The van der Waals surface area contributed by atoms with Gasteiger partial charge in [0.05, 0.1) is 26.0 Å². The van der Waals surface area contributed by atoms with Gasteiger partial charge in [0.1, 0.15) is 16.7 Å². The van der Waals surface area contributed by atoms with Gasteiger partial charge in [0.2, 0.25) is 0 Å². The zero-order chi connectivity index (χ0) is 21.3. The number of benzene rings is 2. The first kappa shape index (κ1) is 22.0. The van der Waals surface area contributed by atoms with Crippen LogP contribution in [0.5, 0.6) is 5.75 Å². The van der Waals surface area contributed by atoms with E-state index in [-0.39, 0.29) is 25.7 Å². The van der Waals surface area contributed by atoms with Crippen molar-refractivity contribution >= 4 is 80.9 Å². The number of anilines is 1. The predicted molar refractivity (Wildman–Crippen MR) is 119 cm³/mol. The van der Waals surface area contributed by atoms with E-state index in [4.69, 9.17) is 58.0 Å². The minimum atomic E-state index is -0.659. The van der Waals surface area contributed by atoms with Crippen molar-refractivity contribution in [1.29, 1.82) is 5.26 Å². The number of aromatic hydroxyl groups is 1. The van der Waals surface area contributed by atoms with Crippen molar-refractivity contribution in [2.75, 3.05) is 5.32 Å². The maximum Gasteiger partial charge on any atom is 0.259 e. The number of phenols is 1. The SMILES string of the molecule is N#CC(c1ccc(Cl)s1)c1ccc(NC(=O)c2cc(Cl)c(Cl)c(Cl)c2O)cc1Cl. The smallest absolute Gasteiger partial charge is 0.259 e. The van der Waals surface area contributed by atoms with Gasteiger partial charge in [-0.05, 0) is 35.9 Å². The van der Waals surface area contributed by atoms with Crippen molar-refractivity contribution in [1.82, 2.24) is 0 Å². The molecule has 3 aromatic rings. The summed E-state index contributed by atoms with van der Waals surface area (Å²) in [6.07, 6.45) is 0. The third-order valence-electron chi connectivity index (χ3n) is 3.96. The van der Waals surface area contributed by atoms with Crippen molar-refractivity contribution in [2.45, 2.75) is 5.92 Å². The van der Waals surface area contributed by atoms with Crippen LogP contribution in [0.4, 0.5) is 5.69 Å². The molecule has 0 bridgehead atoms. The molecule has 148 valence electrons. The van der Waals surface area contributed by atoms with Gasteiger partial charge in [0.15, 0.2) is 0 Å². The van der Waals surface area contributed by atoms with Gasteiger partial charge < -0.3 is 10.4 Å². The monoisotopic (exact) mass is 504 g/mol. The lowest BCUT2D eigenvalue weighted by molar-refractivity contribution is 0.102. The molecule has 4 nitrogen and oxygen atoms in total. The van der Waals surface area contributed by atoms with Gasteiger partial charge in [-0.3, -0.25) is 4.79 Å². The lowest BCUT2D eigenvalue weighted by Crippen LogP contribution is -2.12. The second-order valence-electron chi connectivity index (χ2n) is 5.78. The maximum absolute atomic E-state index is 12.5. The van der Waals surface area contributed by atoms with Crippen molar-refractivity contribution < 1.29 is 9.90 Å². The molecule has 0 fully saturated rings. The molecule has 1 amide bonds. The van der Waals surface area contributed by atoms with Crippen molar-refractivity contribution in [3.63, 3.8) is 0 Å². The fraction of sp³-hybridized carbons (Fsp3) is 0.0526. The molecule has 0 saturated heterocycles.